The van der Waals surface area contributed by atoms with Crippen molar-refractivity contribution in [1.82, 2.24) is 9.55 Å². The summed E-state index contributed by atoms with van der Waals surface area (Å²) in [5.74, 6) is -0.216. The Bertz CT molecular complexity index is 795. The van der Waals surface area contributed by atoms with Crippen LogP contribution in [-0.2, 0) is 11.3 Å². The third-order valence-corrected chi connectivity index (χ3v) is 3.62. The van der Waals surface area contributed by atoms with Gasteiger partial charge in [0.25, 0.3) is 5.91 Å². The van der Waals surface area contributed by atoms with E-state index in [1.807, 2.05) is 10.6 Å². The van der Waals surface area contributed by atoms with Crippen molar-refractivity contribution < 1.29 is 13.9 Å². The molecule has 0 bridgehead atoms. The lowest BCUT2D eigenvalue weighted by molar-refractivity contribution is 0.101. The average molecular weight is 364 g/mol. The van der Waals surface area contributed by atoms with Gasteiger partial charge in [-0.3, -0.25) is 9.78 Å². The number of halogens is 1. The molecule has 114 valence electrons. The van der Waals surface area contributed by atoms with E-state index in [1.165, 1.54) is 0 Å². The van der Waals surface area contributed by atoms with E-state index in [4.69, 9.17) is 9.15 Å². The van der Waals surface area contributed by atoms with Crippen LogP contribution in [0.15, 0.2) is 45.7 Å². The fourth-order valence-corrected chi connectivity index (χ4v) is 2.65. The van der Waals surface area contributed by atoms with Gasteiger partial charge in [-0.05, 0) is 28.1 Å². The molecule has 6 nitrogen and oxygen atoms in total. The largest absolute Gasteiger partial charge is 0.448 e. The van der Waals surface area contributed by atoms with Crippen LogP contribution >= 0.6 is 15.9 Å². The zero-order chi connectivity index (χ0) is 15.5. The fraction of sp³-hybridized carbons (Fsp3) is 0.200. The molecule has 3 aromatic rings. The molecule has 0 fully saturated rings. The van der Waals surface area contributed by atoms with Crippen molar-refractivity contribution in [1.29, 1.82) is 0 Å². The predicted molar refractivity (Wildman–Crippen MR) is 86.0 cm³/mol. The fourth-order valence-electron chi connectivity index (χ4n) is 2.26. The summed E-state index contributed by atoms with van der Waals surface area (Å²) in [5, 5.41) is 2.82. The highest BCUT2D eigenvalue weighted by Gasteiger charge is 2.18. The Morgan fingerprint density at radius 1 is 1.50 bits per heavy atom. The molecule has 0 saturated heterocycles. The van der Waals surface area contributed by atoms with Crippen molar-refractivity contribution in [2.24, 2.45) is 0 Å². The number of carbonyl (C=O) groups is 1. The second kappa shape index (κ2) is 6.33. The van der Waals surface area contributed by atoms with Gasteiger partial charge in [0.2, 0.25) is 0 Å². The van der Waals surface area contributed by atoms with E-state index in [-0.39, 0.29) is 5.91 Å². The van der Waals surface area contributed by atoms with E-state index in [2.05, 4.69) is 26.2 Å². The minimum Gasteiger partial charge on any atom is -0.448 e. The molecule has 3 heterocycles. The molecule has 0 atom stereocenters. The van der Waals surface area contributed by atoms with Gasteiger partial charge in [-0.25, -0.2) is 0 Å². The third kappa shape index (κ3) is 2.90. The minimum absolute atomic E-state index is 0.216. The highest BCUT2D eigenvalue weighted by atomic mass is 79.9. The van der Waals surface area contributed by atoms with E-state index in [1.54, 1.807) is 37.7 Å². The molecule has 0 spiro atoms. The maximum Gasteiger partial charge on any atom is 0.272 e. The number of methoxy groups -OCH3 is 1. The molecule has 1 amide bonds. The van der Waals surface area contributed by atoms with Crippen LogP contribution < -0.4 is 5.32 Å². The van der Waals surface area contributed by atoms with E-state index < -0.39 is 0 Å². The molecule has 0 saturated carbocycles. The van der Waals surface area contributed by atoms with Crippen molar-refractivity contribution in [3.63, 3.8) is 0 Å². The normalized spacial score (nSPS) is 11.0. The lowest BCUT2D eigenvalue weighted by Gasteiger charge is -2.09. The minimum atomic E-state index is -0.216. The molecule has 7 heteroatoms. The number of rotatable bonds is 5. The van der Waals surface area contributed by atoms with Gasteiger partial charge in [-0.1, -0.05) is 0 Å². The molecular formula is C15H14BrN3O3. The van der Waals surface area contributed by atoms with Crippen LogP contribution in [0.5, 0.6) is 0 Å². The molecule has 3 aromatic heterocycles. The number of nitrogens with zero attached hydrogens (tertiary/aromatic N) is 2. The van der Waals surface area contributed by atoms with Crippen molar-refractivity contribution >= 4 is 38.6 Å². The van der Waals surface area contributed by atoms with E-state index in [9.17, 15) is 4.79 Å². The molecule has 0 aromatic carbocycles. The topological polar surface area (TPSA) is 69.3 Å². The Labute approximate surface area is 135 Å². The highest BCUT2D eigenvalue weighted by Crippen LogP contribution is 2.27. The molecule has 3 rings (SSSR count). The van der Waals surface area contributed by atoms with Crippen molar-refractivity contribution in [2.75, 3.05) is 19.0 Å². The molecule has 1 N–H and O–H groups in total. The number of hydrogen-bond donors (Lipinski definition) is 1. The summed E-state index contributed by atoms with van der Waals surface area (Å²) in [6, 6.07) is 7.11. The van der Waals surface area contributed by atoms with E-state index in [0.29, 0.717) is 34.8 Å². The highest BCUT2D eigenvalue weighted by molar-refractivity contribution is 9.10. The number of amides is 1. The molecule has 0 unspecified atom stereocenters. The lowest BCUT2D eigenvalue weighted by atomic mass is 10.3. The average Bonchev–Trinajstić information content (AvgIpc) is 3.02. The first-order valence-electron chi connectivity index (χ1n) is 6.68. The smallest absolute Gasteiger partial charge is 0.272 e. The molecule has 0 radical (unpaired) electrons. The van der Waals surface area contributed by atoms with Gasteiger partial charge >= 0.3 is 0 Å². The number of fused-ring (bicyclic) bond motifs is 1. The Kier molecular flexibility index (Phi) is 4.26. The number of carbonyl (C=O) groups excluding carboxylic acids is 1. The number of nitrogens with one attached hydrogen (secondary N) is 1. The Morgan fingerprint density at radius 2 is 2.36 bits per heavy atom. The summed E-state index contributed by atoms with van der Waals surface area (Å²) in [4.78, 5) is 16.5. The summed E-state index contributed by atoms with van der Waals surface area (Å²) < 4.78 is 13.2. The van der Waals surface area contributed by atoms with Crippen LogP contribution in [0.3, 0.4) is 0 Å². The number of ether oxygens (including phenoxy) is 1. The lowest BCUT2D eigenvalue weighted by Crippen LogP contribution is -2.18. The maximum absolute atomic E-state index is 12.5. The monoisotopic (exact) mass is 363 g/mol. The quantitative estimate of drug-likeness (QED) is 0.754. The number of anilines is 1. The Hall–Kier alpha value is -2.12. The van der Waals surface area contributed by atoms with Gasteiger partial charge in [-0.2, -0.15) is 0 Å². The number of furan rings is 1. The third-order valence-electron chi connectivity index (χ3n) is 3.23. The second-order valence-electron chi connectivity index (χ2n) is 4.67. The summed E-state index contributed by atoms with van der Waals surface area (Å²) in [5.41, 5.74) is 2.66. The molecular weight excluding hydrogens is 350 g/mol. The second-order valence-corrected chi connectivity index (χ2v) is 5.45. The van der Waals surface area contributed by atoms with Crippen LogP contribution in [0, 0.1) is 0 Å². The van der Waals surface area contributed by atoms with Crippen molar-refractivity contribution in [3.05, 3.63) is 47.0 Å². The summed E-state index contributed by atoms with van der Waals surface area (Å²) in [6.45, 7) is 1.06. The van der Waals surface area contributed by atoms with Gasteiger partial charge in [0.05, 0.1) is 24.0 Å². The predicted octanol–water partition coefficient (Wildman–Crippen LogP) is 3.29. The number of pyridine rings is 1. The SMILES string of the molecule is COCCn1c(C(=O)Nc2cccnc2)cc2oc(Br)cc21. The summed E-state index contributed by atoms with van der Waals surface area (Å²) in [7, 11) is 1.63. The standard InChI is InChI=1S/C15H14BrN3O3/c1-21-6-5-19-11-8-14(16)22-13(11)7-12(19)15(20)18-10-3-2-4-17-9-10/h2-4,7-9H,5-6H2,1H3,(H,18,20). The first-order valence-corrected chi connectivity index (χ1v) is 7.47. The van der Waals surface area contributed by atoms with Crippen LogP contribution in [-0.4, -0.2) is 29.2 Å². The molecule has 0 aliphatic heterocycles. The summed E-state index contributed by atoms with van der Waals surface area (Å²) >= 11 is 3.30. The van der Waals surface area contributed by atoms with Crippen molar-refractivity contribution in [2.45, 2.75) is 6.54 Å². The zero-order valence-electron chi connectivity index (χ0n) is 11.9. The first kappa shape index (κ1) is 14.8. The van der Waals surface area contributed by atoms with Gasteiger partial charge in [-0.15, -0.1) is 0 Å². The van der Waals surface area contributed by atoms with Gasteiger partial charge in [0.15, 0.2) is 10.3 Å². The van der Waals surface area contributed by atoms with Crippen molar-refractivity contribution in [3.8, 4) is 0 Å². The zero-order valence-corrected chi connectivity index (χ0v) is 13.5. The maximum atomic E-state index is 12.5. The first-order chi connectivity index (χ1) is 10.7. The molecule has 0 aliphatic carbocycles. The van der Waals surface area contributed by atoms with Crippen LogP contribution in [0.4, 0.5) is 5.69 Å². The van der Waals surface area contributed by atoms with Gasteiger partial charge in [0.1, 0.15) is 5.69 Å². The summed E-state index contributed by atoms with van der Waals surface area (Å²) in [6.07, 6.45) is 3.25. The van der Waals surface area contributed by atoms with Crippen LogP contribution in [0.2, 0.25) is 0 Å². The van der Waals surface area contributed by atoms with Gasteiger partial charge < -0.3 is 19.0 Å². The molecule has 22 heavy (non-hydrogen) atoms. The van der Waals surface area contributed by atoms with E-state index in [0.717, 1.165) is 5.52 Å². The van der Waals surface area contributed by atoms with Gasteiger partial charge in [0, 0.05) is 32.0 Å². The molecule has 0 aliphatic rings. The van der Waals surface area contributed by atoms with E-state index >= 15 is 0 Å². The van der Waals surface area contributed by atoms with Crippen LogP contribution in [0.25, 0.3) is 11.1 Å². The van der Waals surface area contributed by atoms with Crippen LogP contribution in [0.1, 0.15) is 10.5 Å². The number of hydrogen-bond acceptors (Lipinski definition) is 4. The Balaban J connectivity index is 1.94. The number of aromatic nitrogens is 2. The Morgan fingerprint density at radius 3 is 3.09 bits per heavy atom.